The maximum absolute atomic E-state index is 12.4. The van der Waals surface area contributed by atoms with Crippen LogP contribution < -0.4 is 15.8 Å². The summed E-state index contributed by atoms with van der Waals surface area (Å²) in [6.45, 7) is 0.614. The highest BCUT2D eigenvalue weighted by atomic mass is 79.9. The van der Waals surface area contributed by atoms with Gasteiger partial charge < -0.3 is 15.8 Å². The number of amidine groups is 1. The minimum atomic E-state index is -0.362. The number of nitrogens with zero attached hydrogens (tertiary/aromatic N) is 2. The maximum Gasteiger partial charge on any atom is 0.274 e. The van der Waals surface area contributed by atoms with Crippen molar-refractivity contribution in [3.05, 3.63) is 52.3 Å². The van der Waals surface area contributed by atoms with Crippen molar-refractivity contribution in [2.75, 3.05) is 17.7 Å². The van der Waals surface area contributed by atoms with Crippen LogP contribution in [0.4, 0.5) is 5.69 Å². The summed E-state index contributed by atoms with van der Waals surface area (Å²) in [6, 6.07) is 9.12. The molecule has 0 saturated carbocycles. The van der Waals surface area contributed by atoms with Crippen LogP contribution >= 0.6 is 27.7 Å². The zero-order valence-electron chi connectivity index (χ0n) is 13.9. The minimum Gasteiger partial charge on any atom is -0.493 e. The molecule has 1 atom stereocenters. The number of amides is 1. The predicted molar refractivity (Wildman–Crippen MR) is 107 cm³/mol. The van der Waals surface area contributed by atoms with E-state index in [2.05, 4.69) is 26.2 Å². The lowest BCUT2D eigenvalue weighted by Crippen LogP contribution is -2.36. The zero-order valence-corrected chi connectivity index (χ0v) is 16.3. The van der Waals surface area contributed by atoms with Gasteiger partial charge in [0.2, 0.25) is 0 Å². The average molecular weight is 433 g/mol. The second-order valence-electron chi connectivity index (χ2n) is 6.21. The van der Waals surface area contributed by atoms with E-state index in [1.54, 1.807) is 30.1 Å². The van der Waals surface area contributed by atoms with Crippen LogP contribution in [0.5, 0.6) is 5.75 Å². The maximum atomic E-state index is 12.4. The van der Waals surface area contributed by atoms with E-state index in [4.69, 9.17) is 15.5 Å². The Labute approximate surface area is 163 Å². The van der Waals surface area contributed by atoms with E-state index >= 15 is 0 Å². The number of rotatable bonds is 2. The highest BCUT2D eigenvalue weighted by Crippen LogP contribution is 2.46. The fraction of sp³-hybridized carbons (Fsp3) is 0.278. The Morgan fingerprint density at radius 1 is 1.31 bits per heavy atom. The fourth-order valence-electron chi connectivity index (χ4n) is 3.27. The summed E-state index contributed by atoms with van der Waals surface area (Å²) in [4.78, 5) is 21.3. The van der Waals surface area contributed by atoms with E-state index in [-0.39, 0.29) is 11.4 Å². The number of anilines is 1. The second kappa shape index (κ2) is 6.92. The normalized spacial score (nSPS) is 21.5. The van der Waals surface area contributed by atoms with Gasteiger partial charge in [-0.25, -0.2) is 4.98 Å². The first-order chi connectivity index (χ1) is 12.6. The molecule has 6 nitrogen and oxygen atoms in total. The number of carbonyl (C=O) groups is 1. The third-order valence-electron chi connectivity index (χ3n) is 4.56. The number of carbonyl (C=O) groups excluding carboxylic acids is 1. The van der Waals surface area contributed by atoms with Gasteiger partial charge in [-0.1, -0.05) is 11.8 Å². The number of fused-ring (bicyclic) bond motifs is 2. The van der Waals surface area contributed by atoms with E-state index < -0.39 is 0 Å². The van der Waals surface area contributed by atoms with Crippen LogP contribution in [0, 0.1) is 0 Å². The first-order valence-corrected chi connectivity index (χ1v) is 10.0. The molecule has 3 heterocycles. The summed E-state index contributed by atoms with van der Waals surface area (Å²) in [7, 11) is 0. The number of halogens is 1. The number of thioether (sulfide) groups is 1. The van der Waals surface area contributed by atoms with Gasteiger partial charge in [0.25, 0.3) is 5.91 Å². The van der Waals surface area contributed by atoms with Crippen molar-refractivity contribution >= 4 is 44.5 Å². The Morgan fingerprint density at radius 2 is 2.19 bits per heavy atom. The molecular weight excluding hydrogens is 416 g/mol. The van der Waals surface area contributed by atoms with Gasteiger partial charge in [0, 0.05) is 34.1 Å². The Balaban J connectivity index is 1.65. The van der Waals surface area contributed by atoms with Crippen molar-refractivity contribution in [2.24, 2.45) is 10.7 Å². The lowest BCUT2D eigenvalue weighted by Gasteiger charge is -2.38. The Hall–Kier alpha value is -2.06. The molecule has 134 valence electrons. The molecule has 0 aliphatic carbocycles. The van der Waals surface area contributed by atoms with Crippen LogP contribution in [0.2, 0.25) is 0 Å². The SMILES string of the molecule is NC1=NC2(CCOc3ccc(NC(=O)c4ccc(Br)cn4)cc32)CCS1. The van der Waals surface area contributed by atoms with Crippen molar-refractivity contribution in [3.63, 3.8) is 0 Å². The molecule has 1 unspecified atom stereocenters. The molecule has 2 aliphatic rings. The van der Waals surface area contributed by atoms with E-state index in [1.165, 1.54) is 0 Å². The number of ether oxygens (including phenoxy) is 1. The molecule has 2 aliphatic heterocycles. The molecule has 8 heteroatoms. The second-order valence-corrected chi connectivity index (χ2v) is 8.24. The van der Waals surface area contributed by atoms with E-state index in [9.17, 15) is 4.79 Å². The van der Waals surface area contributed by atoms with Crippen molar-refractivity contribution in [1.82, 2.24) is 4.98 Å². The molecule has 1 aromatic carbocycles. The van der Waals surface area contributed by atoms with Gasteiger partial charge in [-0.3, -0.25) is 9.79 Å². The summed E-state index contributed by atoms with van der Waals surface area (Å²) in [6.07, 6.45) is 3.29. The largest absolute Gasteiger partial charge is 0.493 e. The van der Waals surface area contributed by atoms with Gasteiger partial charge in [-0.15, -0.1) is 0 Å². The number of hydrogen-bond acceptors (Lipinski definition) is 6. The highest BCUT2D eigenvalue weighted by Gasteiger charge is 2.39. The number of benzene rings is 1. The number of nitrogens with one attached hydrogen (secondary N) is 1. The summed E-state index contributed by atoms with van der Waals surface area (Å²) < 4.78 is 6.62. The van der Waals surface area contributed by atoms with Crippen LogP contribution in [0.25, 0.3) is 0 Å². The number of hydrogen-bond donors (Lipinski definition) is 2. The molecule has 0 fully saturated rings. The highest BCUT2D eigenvalue weighted by molar-refractivity contribution is 9.10. The Bertz CT molecular complexity index is 887. The topological polar surface area (TPSA) is 89.6 Å². The van der Waals surface area contributed by atoms with Crippen LogP contribution in [-0.2, 0) is 5.54 Å². The number of pyridine rings is 1. The van der Waals surface area contributed by atoms with E-state index in [1.807, 2.05) is 18.2 Å². The molecule has 26 heavy (non-hydrogen) atoms. The van der Waals surface area contributed by atoms with E-state index in [0.717, 1.165) is 34.4 Å². The summed E-state index contributed by atoms with van der Waals surface area (Å²) in [5.74, 6) is 1.47. The minimum absolute atomic E-state index is 0.259. The number of nitrogens with two attached hydrogens (primary N) is 1. The molecule has 4 rings (SSSR count). The van der Waals surface area contributed by atoms with Gasteiger partial charge in [-0.2, -0.15) is 0 Å². The lowest BCUT2D eigenvalue weighted by molar-refractivity contribution is 0.102. The standard InChI is InChI=1S/C18H17BrN4O2S/c19-11-1-3-14(21-10-11)16(24)22-12-2-4-15-13(9-12)18(5-7-25-15)6-8-26-17(20)23-18/h1-4,9-10H,5-8H2,(H2,20,23)(H,22,24). The first-order valence-electron chi connectivity index (χ1n) is 8.24. The molecule has 1 spiro atoms. The van der Waals surface area contributed by atoms with Gasteiger partial charge in [-0.05, 0) is 52.7 Å². The Morgan fingerprint density at radius 3 is 2.96 bits per heavy atom. The smallest absolute Gasteiger partial charge is 0.274 e. The molecular formula is C18H17BrN4O2S. The van der Waals surface area contributed by atoms with Gasteiger partial charge in [0.05, 0.1) is 12.1 Å². The average Bonchev–Trinajstić information content (AvgIpc) is 2.63. The van der Waals surface area contributed by atoms with E-state index in [0.29, 0.717) is 23.2 Å². The molecule has 0 saturated heterocycles. The van der Waals surface area contributed by atoms with Gasteiger partial charge >= 0.3 is 0 Å². The van der Waals surface area contributed by atoms with Crippen LogP contribution in [0.15, 0.2) is 46.0 Å². The fourth-order valence-corrected chi connectivity index (χ4v) is 4.39. The third kappa shape index (κ3) is 3.31. The third-order valence-corrected chi connectivity index (χ3v) is 5.83. The van der Waals surface area contributed by atoms with Crippen molar-refractivity contribution in [2.45, 2.75) is 18.4 Å². The lowest BCUT2D eigenvalue weighted by atomic mass is 9.82. The van der Waals surface area contributed by atoms with Crippen molar-refractivity contribution in [1.29, 1.82) is 0 Å². The summed E-state index contributed by atoms with van der Waals surface area (Å²) >= 11 is 4.89. The molecule has 0 bridgehead atoms. The van der Waals surface area contributed by atoms with Crippen molar-refractivity contribution < 1.29 is 9.53 Å². The molecule has 1 amide bonds. The zero-order chi connectivity index (χ0) is 18.1. The van der Waals surface area contributed by atoms with Crippen molar-refractivity contribution in [3.8, 4) is 5.75 Å². The Kier molecular flexibility index (Phi) is 4.62. The van der Waals surface area contributed by atoms with Crippen LogP contribution in [0.1, 0.15) is 28.9 Å². The molecule has 0 radical (unpaired) electrons. The number of aliphatic imine (C=N–C) groups is 1. The molecule has 3 N–H and O–H groups in total. The molecule has 2 aromatic rings. The monoisotopic (exact) mass is 432 g/mol. The first kappa shape index (κ1) is 17.4. The summed E-state index contributed by atoms with van der Waals surface area (Å²) in [5.41, 5.74) is 7.66. The predicted octanol–water partition coefficient (Wildman–Crippen LogP) is 3.53. The quantitative estimate of drug-likeness (QED) is 0.757. The van der Waals surface area contributed by atoms with Gasteiger partial charge in [0.1, 0.15) is 11.4 Å². The van der Waals surface area contributed by atoms with Crippen LogP contribution in [0.3, 0.4) is 0 Å². The summed E-state index contributed by atoms with van der Waals surface area (Å²) in [5, 5.41) is 3.51. The van der Waals surface area contributed by atoms with Gasteiger partial charge in [0.15, 0.2) is 5.17 Å². The molecule has 1 aromatic heterocycles. The number of aromatic nitrogens is 1. The van der Waals surface area contributed by atoms with Crippen LogP contribution in [-0.4, -0.2) is 28.4 Å².